The molecule has 0 radical (unpaired) electrons. The minimum absolute atomic E-state index is 0.405. The molecule has 1 fully saturated rings. The van der Waals surface area contributed by atoms with Crippen LogP contribution in [-0.4, -0.2) is 48.8 Å². The number of morpholine rings is 1. The summed E-state index contributed by atoms with van der Waals surface area (Å²) in [5.41, 5.74) is 0.471. The van der Waals surface area contributed by atoms with E-state index >= 15 is 0 Å². The first-order valence-corrected chi connectivity index (χ1v) is 7.61. The van der Waals surface area contributed by atoms with E-state index < -0.39 is 0 Å². The number of rotatable bonds is 5. The molecule has 0 aliphatic carbocycles. The summed E-state index contributed by atoms with van der Waals surface area (Å²) in [6.45, 7) is 8.71. The van der Waals surface area contributed by atoms with Crippen LogP contribution in [-0.2, 0) is 4.74 Å². The Balaban J connectivity index is 2.00. The molecule has 0 saturated carbocycles. The second-order valence-electron chi connectivity index (χ2n) is 5.51. The first-order chi connectivity index (χ1) is 10.1. The van der Waals surface area contributed by atoms with E-state index in [0.29, 0.717) is 28.4 Å². The maximum Gasteiger partial charge on any atom is 0.144 e. The van der Waals surface area contributed by atoms with Crippen molar-refractivity contribution in [3.8, 4) is 6.07 Å². The highest BCUT2D eigenvalue weighted by Crippen LogP contribution is 2.21. The van der Waals surface area contributed by atoms with Crippen LogP contribution in [0.3, 0.4) is 0 Å². The second kappa shape index (κ2) is 7.60. The molecular weight excluding hydrogens is 288 g/mol. The number of aromatic nitrogens is 1. The van der Waals surface area contributed by atoms with Crippen molar-refractivity contribution in [3.05, 3.63) is 22.8 Å². The zero-order chi connectivity index (χ0) is 15.2. The second-order valence-corrected chi connectivity index (χ2v) is 5.91. The van der Waals surface area contributed by atoms with Gasteiger partial charge in [-0.25, -0.2) is 4.98 Å². The Labute approximate surface area is 130 Å². The van der Waals surface area contributed by atoms with Crippen LogP contribution in [0.4, 0.5) is 5.82 Å². The quantitative estimate of drug-likeness (QED) is 0.905. The number of anilines is 1. The van der Waals surface area contributed by atoms with E-state index in [1.165, 1.54) is 6.20 Å². The van der Waals surface area contributed by atoms with Gasteiger partial charge in [-0.05, 0) is 12.0 Å². The molecule has 1 aliphatic rings. The van der Waals surface area contributed by atoms with Crippen LogP contribution in [0.2, 0.25) is 5.02 Å². The maximum absolute atomic E-state index is 8.83. The van der Waals surface area contributed by atoms with Crippen molar-refractivity contribution in [3.63, 3.8) is 0 Å². The van der Waals surface area contributed by atoms with Crippen LogP contribution in [0.5, 0.6) is 0 Å². The Morgan fingerprint density at radius 1 is 1.48 bits per heavy atom. The molecular formula is C15H21ClN4O. The third-order valence-corrected chi connectivity index (χ3v) is 4.02. The summed E-state index contributed by atoms with van der Waals surface area (Å²) in [6.07, 6.45) is 1.54. The molecule has 1 atom stereocenters. The highest BCUT2D eigenvalue weighted by molar-refractivity contribution is 6.33. The molecule has 114 valence electrons. The van der Waals surface area contributed by atoms with Gasteiger partial charge in [0.25, 0.3) is 0 Å². The van der Waals surface area contributed by atoms with Gasteiger partial charge in [-0.15, -0.1) is 0 Å². The lowest BCUT2D eigenvalue weighted by Crippen LogP contribution is -2.49. The summed E-state index contributed by atoms with van der Waals surface area (Å²) < 4.78 is 5.41. The van der Waals surface area contributed by atoms with Gasteiger partial charge in [0, 0.05) is 31.9 Å². The normalized spacial score (nSPS) is 17.5. The predicted octanol–water partition coefficient (Wildman–Crippen LogP) is 2.38. The zero-order valence-electron chi connectivity index (χ0n) is 12.5. The van der Waals surface area contributed by atoms with E-state index in [0.717, 1.165) is 32.8 Å². The number of hydrogen-bond donors (Lipinski definition) is 1. The van der Waals surface area contributed by atoms with Crippen molar-refractivity contribution in [1.82, 2.24) is 9.88 Å². The van der Waals surface area contributed by atoms with Crippen LogP contribution in [0.1, 0.15) is 19.4 Å². The number of halogens is 1. The topological polar surface area (TPSA) is 61.2 Å². The minimum atomic E-state index is 0.405. The van der Waals surface area contributed by atoms with Crippen LogP contribution in [0.25, 0.3) is 0 Å². The SMILES string of the molecule is CC(C)[C@@H](CNc1ncc(C#N)cc1Cl)N1CCOCC1. The Hall–Kier alpha value is -1.35. The lowest BCUT2D eigenvalue weighted by molar-refractivity contribution is 0.00953. The molecule has 5 nitrogen and oxygen atoms in total. The molecule has 0 bridgehead atoms. The fraction of sp³-hybridized carbons (Fsp3) is 0.600. The number of ether oxygens (including phenoxy) is 1. The minimum Gasteiger partial charge on any atom is -0.379 e. The van der Waals surface area contributed by atoms with E-state index in [1.54, 1.807) is 6.07 Å². The van der Waals surface area contributed by atoms with Crippen molar-refractivity contribution in [1.29, 1.82) is 5.26 Å². The third kappa shape index (κ3) is 4.31. The monoisotopic (exact) mass is 308 g/mol. The molecule has 1 saturated heterocycles. The lowest BCUT2D eigenvalue weighted by atomic mass is 10.0. The molecule has 1 N–H and O–H groups in total. The number of nitriles is 1. The van der Waals surface area contributed by atoms with Gasteiger partial charge in [0.2, 0.25) is 0 Å². The maximum atomic E-state index is 8.83. The molecule has 1 aromatic heterocycles. The number of nitrogens with one attached hydrogen (secondary N) is 1. The molecule has 0 aromatic carbocycles. The molecule has 6 heteroatoms. The van der Waals surface area contributed by atoms with E-state index in [-0.39, 0.29) is 0 Å². The molecule has 2 heterocycles. The molecule has 0 unspecified atom stereocenters. The van der Waals surface area contributed by atoms with E-state index in [2.05, 4.69) is 29.0 Å². The summed E-state index contributed by atoms with van der Waals surface area (Å²) in [7, 11) is 0. The smallest absolute Gasteiger partial charge is 0.144 e. The molecule has 0 amide bonds. The van der Waals surface area contributed by atoms with Crippen LogP contribution in [0, 0.1) is 17.2 Å². The number of hydrogen-bond acceptors (Lipinski definition) is 5. The average molecular weight is 309 g/mol. The van der Waals surface area contributed by atoms with Crippen molar-refractivity contribution >= 4 is 17.4 Å². The Morgan fingerprint density at radius 2 is 2.19 bits per heavy atom. The van der Waals surface area contributed by atoms with E-state index in [9.17, 15) is 0 Å². The summed E-state index contributed by atoms with van der Waals surface area (Å²) in [6, 6.07) is 4.07. The van der Waals surface area contributed by atoms with Crippen molar-refractivity contribution < 1.29 is 4.74 Å². The average Bonchev–Trinajstić information content (AvgIpc) is 2.49. The van der Waals surface area contributed by atoms with Crippen LogP contribution >= 0.6 is 11.6 Å². The van der Waals surface area contributed by atoms with Gasteiger partial charge in [-0.3, -0.25) is 4.90 Å². The van der Waals surface area contributed by atoms with Gasteiger partial charge in [-0.2, -0.15) is 5.26 Å². The summed E-state index contributed by atoms with van der Waals surface area (Å²) in [5, 5.41) is 12.6. The van der Waals surface area contributed by atoms with E-state index in [4.69, 9.17) is 21.6 Å². The Kier molecular flexibility index (Phi) is 5.80. The Morgan fingerprint density at radius 3 is 2.76 bits per heavy atom. The predicted molar refractivity (Wildman–Crippen MR) is 83.5 cm³/mol. The van der Waals surface area contributed by atoms with Crippen LogP contribution in [0.15, 0.2) is 12.3 Å². The van der Waals surface area contributed by atoms with E-state index in [1.807, 2.05) is 6.07 Å². The molecule has 0 spiro atoms. The van der Waals surface area contributed by atoms with Crippen LogP contribution < -0.4 is 5.32 Å². The largest absolute Gasteiger partial charge is 0.379 e. The van der Waals surface area contributed by atoms with Gasteiger partial charge in [-0.1, -0.05) is 25.4 Å². The molecule has 1 aliphatic heterocycles. The molecule has 1 aromatic rings. The fourth-order valence-corrected chi connectivity index (χ4v) is 2.76. The highest BCUT2D eigenvalue weighted by Gasteiger charge is 2.23. The Bertz CT molecular complexity index is 509. The van der Waals surface area contributed by atoms with Crippen molar-refractivity contribution in [2.75, 3.05) is 38.2 Å². The summed E-state index contributed by atoms with van der Waals surface area (Å²) in [5.74, 6) is 1.15. The zero-order valence-corrected chi connectivity index (χ0v) is 13.2. The third-order valence-electron chi connectivity index (χ3n) is 3.73. The highest BCUT2D eigenvalue weighted by atomic mass is 35.5. The molecule has 21 heavy (non-hydrogen) atoms. The number of nitrogens with zero attached hydrogens (tertiary/aromatic N) is 3. The van der Waals surface area contributed by atoms with Gasteiger partial charge in [0.1, 0.15) is 11.9 Å². The fourth-order valence-electron chi connectivity index (χ4n) is 2.53. The first-order valence-electron chi connectivity index (χ1n) is 7.23. The standard InChI is InChI=1S/C15H21ClN4O/c1-11(2)14(20-3-5-21-6-4-20)10-19-15-13(16)7-12(8-17)9-18-15/h7,9,11,14H,3-6,10H2,1-2H3,(H,18,19)/t14-/m1/s1. The van der Waals surface area contributed by atoms with Crippen molar-refractivity contribution in [2.24, 2.45) is 5.92 Å². The van der Waals surface area contributed by atoms with Gasteiger partial charge in [0.15, 0.2) is 0 Å². The number of pyridine rings is 1. The summed E-state index contributed by atoms with van der Waals surface area (Å²) >= 11 is 6.15. The summed E-state index contributed by atoms with van der Waals surface area (Å²) in [4.78, 5) is 6.66. The lowest BCUT2D eigenvalue weighted by Gasteiger charge is -2.37. The van der Waals surface area contributed by atoms with Gasteiger partial charge >= 0.3 is 0 Å². The van der Waals surface area contributed by atoms with Gasteiger partial charge < -0.3 is 10.1 Å². The van der Waals surface area contributed by atoms with Crippen molar-refractivity contribution in [2.45, 2.75) is 19.9 Å². The van der Waals surface area contributed by atoms with Gasteiger partial charge in [0.05, 0.1) is 23.8 Å². The molecule has 2 rings (SSSR count). The first kappa shape index (κ1) is 16.0.